The lowest BCUT2D eigenvalue weighted by Gasteiger charge is -2.33. The molecule has 1 aliphatic rings. The maximum Gasteiger partial charge on any atom is 0.451 e. The lowest BCUT2D eigenvalue weighted by Crippen LogP contribution is -2.42. The molecule has 0 bridgehead atoms. The van der Waals surface area contributed by atoms with Crippen LogP contribution in [-0.2, 0) is 23.9 Å². The molecule has 0 saturated heterocycles. The molecule has 0 aliphatic carbocycles. The largest absolute Gasteiger partial charge is 0.451 e. The average Bonchev–Trinajstić information content (AvgIpc) is 3.06. The zero-order valence-electron chi connectivity index (χ0n) is 11.7. The molecule has 3 heterocycles. The van der Waals surface area contributed by atoms with Gasteiger partial charge in [0.1, 0.15) is 0 Å². The summed E-state index contributed by atoms with van der Waals surface area (Å²) < 4.78 is 39.6. The van der Waals surface area contributed by atoms with Gasteiger partial charge in [0.2, 0.25) is 11.7 Å². The summed E-state index contributed by atoms with van der Waals surface area (Å²) in [4.78, 5) is 14.8. The molecule has 5 nitrogen and oxygen atoms in total. The summed E-state index contributed by atoms with van der Waals surface area (Å²) in [5.74, 6) is -0.935. The second kappa shape index (κ2) is 5.38. The number of fused-ring (bicyclic) bond motifs is 1. The molecule has 0 radical (unpaired) electrons. The van der Waals surface area contributed by atoms with Crippen molar-refractivity contribution in [3.63, 3.8) is 0 Å². The summed E-state index contributed by atoms with van der Waals surface area (Å²) in [5.41, 5.74) is 0. The van der Waals surface area contributed by atoms with Crippen molar-refractivity contribution in [3.8, 4) is 0 Å². The molecule has 0 aromatic carbocycles. The number of alkyl halides is 3. The van der Waals surface area contributed by atoms with E-state index < -0.39 is 18.0 Å². The number of hydrogen-bond donors (Lipinski definition) is 0. The van der Waals surface area contributed by atoms with Crippen LogP contribution < -0.4 is 0 Å². The van der Waals surface area contributed by atoms with E-state index in [1.54, 1.807) is 11.8 Å². The summed E-state index contributed by atoms with van der Waals surface area (Å²) >= 11 is 1.48. The van der Waals surface area contributed by atoms with Crippen LogP contribution in [0.2, 0.25) is 0 Å². The van der Waals surface area contributed by atoms with Gasteiger partial charge in [-0.25, -0.2) is 0 Å². The van der Waals surface area contributed by atoms with E-state index in [1.807, 2.05) is 17.5 Å². The number of amides is 1. The number of halogens is 3. The van der Waals surface area contributed by atoms with Gasteiger partial charge in [-0.1, -0.05) is 6.07 Å². The SMILES string of the molecule is CC1c2nnc(C(F)(F)F)n2CCN1C(=O)Cc1cccs1. The Morgan fingerprint density at radius 1 is 1.41 bits per heavy atom. The van der Waals surface area contributed by atoms with Crippen molar-refractivity contribution in [2.24, 2.45) is 0 Å². The van der Waals surface area contributed by atoms with Crippen LogP contribution in [0.15, 0.2) is 17.5 Å². The normalized spacial score (nSPS) is 18.4. The van der Waals surface area contributed by atoms with E-state index in [9.17, 15) is 18.0 Å². The van der Waals surface area contributed by atoms with Crippen LogP contribution in [-0.4, -0.2) is 32.1 Å². The zero-order valence-corrected chi connectivity index (χ0v) is 12.5. The van der Waals surface area contributed by atoms with Crippen molar-refractivity contribution in [2.45, 2.75) is 32.1 Å². The number of thiophene rings is 1. The number of carbonyl (C=O) groups excluding carboxylic acids is 1. The van der Waals surface area contributed by atoms with E-state index in [2.05, 4.69) is 10.2 Å². The quantitative estimate of drug-likeness (QED) is 0.850. The molecule has 2 aromatic heterocycles. The predicted molar refractivity (Wildman–Crippen MR) is 73.2 cm³/mol. The predicted octanol–water partition coefficient (Wildman–Crippen LogP) is 2.50. The fourth-order valence-electron chi connectivity index (χ4n) is 2.60. The van der Waals surface area contributed by atoms with Gasteiger partial charge < -0.3 is 9.47 Å². The molecule has 0 spiro atoms. The third-order valence-electron chi connectivity index (χ3n) is 3.66. The van der Waals surface area contributed by atoms with Crippen LogP contribution >= 0.6 is 11.3 Å². The molecular formula is C13H13F3N4OS. The Kier molecular flexibility index (Phi) is 3.67. The van der Waals surface area contributed by atoms with Gasteiger partial charge in [-0.3, -0.25) is 4.79 Å². The third kappa shape index (κ3) is 2.60. The summed E-state index contributed by atoms with van der Waals surface area (Å²) in [6.07, 6.45) is -4.28. The van der Waals surface area contributed by atoms with E-state index in [0.29, 0.717) is 0 Å². The number of hydrogen-bond acceptors (Lipinski definition) is 4. The van der Waals surface area contributed by atoms with Crippen molar-refractivity contribution in [2.75, 3.05) is 6.54 Å². The minimum atomic E-state index is -4.53. The van der Waals surface area contributed by atoms with Gasteiger partial charge in [0, 0.05) is 18.0 Å². The molecular weight excluding hydrogens is 317 g/mol. The number of aromatic nitrogens is 3. The maximum absolute atomic E-state index is 12.8. The average molecular weight is 330 g/mol. The second-order valence-electron chi connectivity index (χ2n) is 5.05. The van der Waals surface area contributed by atoms with Crippen LogP contribution in [0.1, 0.15) is 29.5 Å². The van der Waals surface area contributed by atoms with Crippen molar-refractivity contribution >= 4 is 17.2 Å². The lowest BCUT2D eigenvalue weighted by atomic mass is 10.2. The van der Waals surface area contributed by atoms with Gasteiger partial charge in [0.15, 0.2) is 5.82 Å². The van der Waals surface area contributed by atoms with Crippen LogP contribution in [0.25, 0.3) is 0 Å². The van der Waals surface area contributed by atoms with Crippen LogP contribution in [0, 0.1) is 0 Å². The van der Waals surface area contributed by atoms with Crippen LogP contribution in [0.5, 0.6) is 0 Å². The van der Waals surface area contributed by atoms with Gasteiger partial charge >= 0.3 is 6.18 Å². The highest BCUT2D eigenvalue weighted by atomic mass is 32.1. The molecule has 1 aliphatic heterocycles. The minimum absolute atomic E-state index is 0.0533. The molecule has 1 amide bonds. The van der Waals surface area contributed by atoms with Gasteiger partial charge in [-0.15, -0.1) is 21.5 Å². The van der Waals surface area contributed by atoms with E-state index in [1.165, 1.54) is 11.3 Å². The van der Waals surface area contributed by atoms with Crippen LogP contribution in [0.3, 0.4) is 0 Å². The molecule has 118 valence electrons. The molecule has 2 aromatic rings. The Bertz CT molecular complexity index is 680. The maximum atomic E-state index is 12.8. The lowest BCUT2D eigenvalue weighted by molar-refractivity contribution is -0.148. The summed E-state index contributed by atoms with van der Waals surface area (Å²) in [6, 6.07) is 3.20. The zero-order chi connectivity index (χ0) is 15.9. The Morgan fingerprint density at radius 3 is 2.82 bits per heavy atom. The van der Waals surface area contributed by atoms with Gasteiger partial charge in [-0.05, 0) is 18.4 Å². The van der Waals surface area contributed by atoms with Gasteiger partial charge in [0.25, 0.3) is 0 Å². The first-order valence-corrected chi connectivity index (χ1v) is 7.58. The molecule has 3 rings (SSSR count). The Labute approximate surface area is 128 Å². The molecule has 0 N–H and O–H groups in total. The topological polar surface area (TPSA) is 51.0 Å². The summed E-state index contributed by atoms with van der Waals surface area (Å²) in [5, 5.41) is 8.76. The highest BCUT2D eigenvalue weighted by molar-refractivity contribution is 7.10. The molecule has 0 fully saturated rings. The van der Waals surface area contributed by atoms with Gasteiger partial charge in [-0.2, -0.15) is 13.2 Å². The summed E-state index contributed by atoms with van der Waals surface area (Å²) in [7, 11) is 0. The van der Waals surface area contributed by atoms with E-state index in [0.717, 1.165) is 9.44 Å². The third-order valence-corrected chi connectivity index (χ3v) is 4.54. The number of rotatable bonds is 2. The standard InChI is InChI=1S/C13H13F3N4OS/c1-8-11-17-18-12(13(14,15)16)20(11)5-4-19(8)10(21)7-9-3-2-6-22-9/h2-3,6,8H,4-5,7H2,1H3. The molecule has 9 heteroatoms. The first kappa shape index (κ1) is 15.0. The van der Waals surface area contributed by atoms with E-state index >= 15 is 0 Å². The molecule has 1 atom stereocenters. The fourth-order valence-corrected chi connectivity index (χ4v) is 3.30. The second-order valence-corrected chi connectivity index (χ2v) is 6.08. The first-order chi connectivity index (χ1) is 10.4. The van der Waals surface area contributed by atoms with Crippen molar-refractivity contribution in [1.29, 1.82) is 0 Å². The van der Waals surface area contributed by atoms with Crippen molar-refractivity contribution < 1.29 is 18.0 Å². The molecule has 22 heavy (non-hydrogen) atoms. The monoisotopic (exact) mass is 330 g/mol. The number of carbonyl (C=O) groups is 1. The Morgan fingerprint density at radius 2 is 2.18 bits per heavy atom. The van der Waals surface area contributed by atoms with E-state index in [4.69, 9.17) is 0 Å². The van der Waals surface area contributed by atoms with E-state index in [-0.39, 0.29) is 31.2 Å². The minimum Gasteiger partial charge on any atom is -0.331 e. The first-order valence-electron chi connectivity index (χ1n) is 6.70. The Balaban J connectivity index is 1.81. The van der Waals surface area contributed by atoms with Crippen molar-refractivity contribution in [3.05, 3.63) is 34.0 Å². The smallest absolute Gasteiger partial charge is 0.331 e. The summed E-state index contributed by atoms with van der Waals surface area (Å²) in [6.45, 7) is 1.95. The Hall–Kier alpha value is -1.90. The fraction of sp³-hybridized carbons (Fsp3) is 0.462. The highest BCUT2D eigenvalue weighted by Gasteiger charge is 2.41. The van der Waals surface area contributed by atoms with Crippen LogP contribution in [0.4, 0.5) is 13.2 Å². The number of nitrogens with zero attached hydrogens (tertiary/aromatic N) is 4. The molecule has 0 saturated carbocycles. The highest BCUT2D eigenvalue weighted by Crippen LogP contribution is 2.32. The van der Waals surface area contributed by atoms with Gasteiger partial charge in [0.05, 0.1) is 12.5 Å². The van der Waals surface area contributed by atoms with Crippen molar-refractivity contribution in [1.82, 2.24) is 19.7 Å². The molecule has 1 unspecified atom stereocenters.